The van der Waals surface area contributed by atoms with Crippen LogP contribution >= 0.6 is 8.25 Å². The minimum Gasteiger partial charge on any atom is -0.460 e. The van der Waals surface area contributed by atoms with Gasteiger partial charge in [0.25, 0.3) is 0 Å². The molecule has 166 valence electrons. The van der Waals surface area contributed by atoms with Crippen LogP contribution in [0.2, 0.25) is 0 Å². The van der Waals surface area contributed by atoms with E-state index >= 15 is 0 Å². The molecule has 1 saturated heterocycles. The van der Waals surface area contributed by atoms with E-state index in [1.165, 1.54) is 13.3 Å². The predicted octanol–water partition coefficient (Wildman–Crippen LogP) is 1.26. The molecule has 1 aliphatic rings. The second kappa shape index (κ2) is 9.31. The molecule has 11 nitrogen and oxygen atoms in total. The van der Waals surface area contributed by atoms with Crippen molar-refractivity contribution in [2.24, 2.45) is 0 Å². The molecule has 31 heavy (non-hydrogen) atoms. The van der Waals surface area contributed by atoms with Crippen molar-refractivity contribution in [2.45, 2.75) is 31.1 Å². The van der Waals surface area contributed by atoms with Crippen LogP contribution in [0.4, 0.5) is 5.69 Å². The van der Waals surface area contributed by atoms with Crippen LogP contribution in [0.25, 0.3) is 11.2 Å². The zero-order valence-electron chi connectivity index (χ0n) is 16.6. The standard InChI is InChI=1S/C19H23N4O7P/c1-27-16-15(30-31(25)26)13(9-24)29-18(16)23-17-14(12(20)7-8-21-17)22-19(23)28-10-11-5-3-2-4-6-11/h2-8,13,15-16,18,24,31H,9-10H2,1H3,(H2,20,21)(H,25,26)/t13?,15-,16?,18?/m1/s1. The fourth-order valence-electron chi connectivity index (χ4n) is 3.61. The maximum absolute atomic E-state index is 11.4. The van der Waals surface area contributed by atoms with Crippen molar-refractivity contribution in [2.75, 3.05) is 19.5 Å². The number of fused-ring (bicyclic) bond motifs is 1. The van der Waals surface area contributed by atoms with Crippen molar-refractivity contribution in [1.82, 2.24) is 14.5 Å². The lowest BCUT2D eigenvalue weighted by atomic mass is 10.1. The molecule has 1 fully saturated rings. The summed E-state index contributed by atoms with van der Waals surface area (Å²) in [5, 5.41) is 9.73. The minimum atomic E-state index is -3.31. The second-order valence-corrected chi connectivity index (χ2v) is 7.67. The van der Waals surface area contributed by atoms with Crippen molar-refractivity contribution in [3.05, 3.63) is 48.2 Å². The van der Waals surface area contributed by atoms with Gasteiger partial charge >= 0.3 is 14.3 Å². The van der Waals surface area contributed by atoms with Gasteiger partial charge in [-0.3, -0.25) is 4.57 Å². The van der Waals surface area contributed by atoms with E-state index in [-0.39, 0.29) is 12.6 Å². The van der Waals surface area contributed by atoms with Gasteiger partial charge in [-0.25, -0.2) is 9.55 Å². The average molecular weight is 450 g/mol. The summed E-state index contributed by atoms with van der Waals surface area (Å²) in [6.45, 7) is -0.222. The van der Waals surface area contributed by atoms with E-state index in [0.717, 1.165) is 5.56 Å². The summed E-state index contributed by atoms with van der Waals surface area (Å²) in [5.41, 5.74) is 8.18. The number of methoxy groups -OCH3 is 1. The van der Waals surface area contributed by atoms with Gasteiger partial charge in [-0.15, -0.1) is 0 Å². The predicted molar refractivity (Wildman–Crippen MR) is 111 cm³/mol. The molecular weight excluding hydrogens is 427 g/mol. The lowest BCUT2D eigenvalue weighted by Gasteiger charge is -2.23. The molecule has 4 unspecified atom stereocenters. The molecule has 0 bridgehead atoms. The number of nitrogens with two attached hydrogens (primary N) is 1. The number of aliphatic hydroxyl groups is 1. The van der Waals surface area contributed by atoms with Crippen molar-refractivity contribution in [3.63, 3.8) is 0 Å². The van der Waals surface area contributed by atoms with Crippen LogP contribution in [0.1, 0.15) is 11.8 Å². The van der Waals surface area contributed by atoms with Gasteiger partial charge in [0.1, 0.15) is 30.4 Å². The van der Waals surface area contributed by atoms with Crippen molar-refractivity contribution < 1.29 is 33.3 Å². The fraction of sp³-hybridized carbons (Fsp3) is 0.368. The second-order valence-electron chi connectivity index (χ2n) is 6.91. The number of hydrogen-bond donors (Lipinski definition) is 3. The molecule has 3 heterocycles. The number of aliphatic hydroxyl groups excluding tert-OH is 1. The Morgan fingerprint density at radius 1 is 1.26 bits per heavy atom. The third-order valence-electron chi connectivity index (χ3n) is 5.02. The monoisotopic (exact) mass is 450 g/mol. The normalized spacial score (nSPS) is 24.5. The zero-order chi connectivity index (χ0) is 22.0. The highest BCUT2D eigenvalue weighted by Gasteiger charge is 2.49. The lowest BCUT2D eigenvalue weighted by molar-refractivity contribution is -0.0618. The molecule has 4 rings (SSSR count). The van der Waals surface area contributed by atoms with E-state index in [0.29, 0.717) is 16.9 Å². The Morgan fingerprint density at radius 3 is 2.71 bits per heavy atom. The molecule has 0 spiro atoms. The van der Waals surface area contributed by atoms with Crippen molar-refractivity contribution in [3.8, 4) is 6.01 Å². The molecule has 4 N–H and O–H groups in total. The molecule has 12 heteroatoms. The molecule has 0 radical (unpaired) electrons. The molecule has 1 aliphatic heterocycles. The Morgan fingerprint density at radius 2 is 2.03 bits per heavy atom. The average Bonchev–Trinajstić information content (AvgIpc) is 3.30. The van der Waals surface area contributed by atoms with E-state index < -0.39 is 39.4 Å². The van der Waals surface area contributed by atoms with Gasteiger partial charge in [-0.1, -0.05) is 30.3 Å². The number of pyridine rings is 1. The highest BCUT2D eigenvalue weighted by molar-refractivity contribution is 7.32. The SMILES string of the molecule is COC1C(n2c(OCc3ccccc3)nc3c(N)ccnc32)OC(CO)[C@H]1O[PH](=O)O. The number of benzene rings is 1. The zero-order valence-corrected chi connectivity index (χ0v) is 17.6. The first-order valence-corrected chi connectivity index (χ1v) is 10.8. The van der Waals surface area contributed by atoms with Crippen LogP contribution in [0.5, 0.6) is 6.01 Å². The number of imidazole rings is 1. The molecule has 5 atom stereocenters. The number of ether oxygens (including phenoxy) is 3. The summed E-state index contributed by atoms with van der Waals surface area (Å²) in [6.07, 6.45) is -2.12. The first kappa shape index (κ1) is 21.7. The number of rotatable bonds is 8. The summed E-state index contributed by atoms with van der Waals surface area (Å²) < 4.78 is 35.5. The summed E-state index contributed by atoms with van der Waals surface area (Å²) >= 11 is 0. The van der Waals surface area contributed by atoms with Gasteiger partial charge in [-0.2, -0.15) is 4.98 Å². The fourth-order valence-corrected chi connectivity index (χ4v) is 4.13. The molecule has 3 aromatic rings. The number of anilines is 1. The first-order chi connectivity index (χ1) is 15.0. The Labute approximate surface area is 178 Å². The van der Waals surface area contributed by atoms with Gasteiger partial charge in [0.2, 0.25) is 0 Å². The van der Waals surface area contributed by atoms with Crippen LogP contribution in [0.3, 0.4) is 0 Å². The van der Waals surface area contributed by atoms with E-state index in [9.17, 15) is 14.6 Å². The first-order valence-electron chi connectivity index (χ1n) is 9.51. The highest BCUT2D eigenvalue weighted by atomic mass is 31.1. The Kier molecular flexibility index (Phi) is 6.51. The third kappa shape index (κ3) is 4.29. The Balaban J connectivity index is 1.76. The van der Waals surface area contributed by atoms with Gasteiger partial charge in [0.15, 0.2) is 11.9 Å². The maximum atomic E-state index is 11.4. The van der Waals surface area contributed by atoms with Crippen LogP contribution < -0.4 is 10.5 Å². The summed E-state index contributed by atoms with van der Waals surface area (Å²) in [5.74, 6) is 0. The van der Waals surface area contributed by atoms with Crippen LogP contribution in [0, 0.1) is 0 Å². The topological polar surface area (TPSA) is 151 Å². The van der Waals surface area contributed by atoms with E-state index in [1.807, 2.05) is 30.3 Å². The molecular formula is C19H23N4O7P. The maximum Gasteiger partial charge on any atom is 0.317 e. The van der Waals surface area contributed by atoms with Crippen molar-refractivity contribution in [1.29, 1.82) is 0 Å². The Bertz CT molecular complexity index is 1060. The Hall–Kier alpha value is -2.53. The summed E-state index contributed by atoms with van der Waals surface area (Å²) in [6, 6.07) is 11.3. The summed E-state index contributed by atoms with van der Waals surface area (Å²) in [4.78, 5) is 18.1. The van der Waals surface area contributed by atoms with E-state index in [2.05, 4.69) is 9.97 Å². The summed E-state index contributed by atoms with van der Waals surface area (Å²) in [7, 11) is -1.90. The van der Waals surface area contributed by atoms with Gasteiger partial charge in [0, 0.05) is 13.3 Å². The largest absolute Gasteiger partial charge is 0.460 e. The number of nitrogens with zero attached hydrogens (tertiary/aromatic N) is 3. The molecule has 0 amide bonds. The molecule has 2 aromatic heterocycles. The number of hydrogen-bond acceptors (Lipinski definition) is 9. The quantitative estimate of drug-likeness (QED) is 0.428. The van der Waals surface area contributed by atoms with Gasteiger partial charge in [-0.05, 0) is 11.6 Å². The van der Waals surface area contributed by atoms with Gasteiger partial charge < -0.3 is 34.5 Å². The lowest BCUT2D eigenvalue weighted by Crippen LogP contribution is -2.36. The molecule has 1 aromatic carbocycles. The number of nitrogen functional groups attached to an aromatic ring is 1. The molecule has 0 saturated carbocycles. The van der Waals surface area contributed by atoms with Crippen LogP contribution in [-0.2, 0) is 25.2 Å². The van der Waals surface area contributed by atoms with E-state index in [1.54, 1.807) is 10.6 Å². The smallest absolute Gasteiger partial charge is 0.317 e. The minimum absolute atomic E-state index is 0.172. The number of aromatic nitrogens is 3. The van der Waals surface area contributed by atoms with Crippen LogP contribution in [0.15, 0.2) is 42.6 Å². The van der Waals surface area contributed by atoms with Gasteiger partial charge in [0.05, 0.1) is 12.3 Å². The van der Waals surface area contributed by atoms with Crippen molar-refractivity contribution >= 4 is 25.1 Å². The van der Waals surface area contributed by atoms with E-state index in [4.69, 9.17) is 24.5 Å². The molecule has 0 aliphatic carbocycles. The third-order valence-corrected chi connectivity index (χ3v) is 5.49. The highest BCUT2D eigenvalue weighted by Crippen LogP contribution is 2.41. The van der Waals surface area contributed by atoms with Crippen LogP contribution in [-0.4, -0.2) is 56.6 Å².